The Balaban J connectivity index is 2.12. The molecular formula is C16H24ClNO2S. The molecule has 1 N–H and O–H groups in total. The van der Waals surface area contributed by atoms with Crippen molar-refractivity contribution in [1.29, 1.82) is 0 Å². The lowest BCUT2D eigenvalue weighted by Gasteiger charge is -2.39. The molecular weight excluding hydrogens is 306 g/mol. The standard InChI is InChI=1S/C16H24ClNO2S/c1-3-21(19,20)15-6-4-14(5-7-15)18-16(12-17)10-8-13(2)9-11-16/h4-7,13,18H,3,8-12H2,1-2H3. The number of hydrogen-bond acceptors (Lipinski definition) is 3. The number of alkyl halides is 1. The van der Waals surface area contributed by atoms with E-state index in [2.05, 4.69) is 12.2 Å². The first-order chi connectivity index (χ1) is 9.91. The number of anilines is 1. The number of nitrogens with one attached hydrogen (secondary N) is 1. The maximum atomic E-state index is 11.8. The summed E-state index contributed by atoms with van der Waals surface area (Å²) in [5.74, 6) is 1.47. The van der Waals surface area contributed by atoms with Crippen molar-refractivity contribution < 1.29 is 8.42 Å². The summed E-state index contributed by atoms with van der Waals surface area (Å²) in [7, 11) is -3.13. The average molecular weight is 330 g/mol. The van der Waals surface area contributed by atoms with E-state index in [1.807, 2.05) is 12.1 Å². The molecule has 1 aromatic carbocycles. The molecule has 118 valence electrons. The van der Waals surface area contributed by atoms with Crippen molar-refractivity contribution in [3.8, 4) is 0 Å². The summed E-state index contributed by atoms with van der Waals surface area (Å²) in [6.07, 6.45) is 4.49. The molecule has 3 nitrogen and oxygen atoms in total. The topological polar surface area (TPSA) is 46.2 Å². The molecule has 0 saturated heterocycles. The molecule has 0 amide bonds. The number of benzene rings is 1. The van der Waals surface area contributed by atoms with E-state index in [1.54, 1.807) is 19.1 Å². The molecule has 2 rings (SSSR count). The van der Waals surface area contributed by atoms with Crippen molar-refractivity contribution in [2.24, 2.45) is 5.92 Å². The fourth-order valence-corrected chi connectivity index (χ4v) is 4.04. The zero-order chi connectivity index (χ0) is 15.5. The van der Waals surface area contributed by atoms with Gasteiger partial charge in [-0.2, -0.15) is 0 Å². The highest BCUT2D eigenvalue weighted by atomic mass is 35.5. The predicted octanol–water partition coefficient (Wildman–Crippen LogP) is 4.08. The van der Waals surface area contributed by atoms with Crippen LogP contribution in [0.15, 0.2) is 29.2 Å². The molecule has 0 heterocycles. The Morgan fingerprint density at radius 3 is 2.29 bits per heavy atom. The Bertz CT molecular complexity index is 560. The maximum Gasteiger partial charge on any atom is 0.178 e. The van der Waals surface area contributed by atoms with Crippen LogP contribution in [-0.4, -0.2) is 25.6 Å². The minimum atomic E-state index is -3.13. The van der Waals surface area contributed by atoms with Gasteiger partial charge in [0, 0.05) is 11.6 Å². The van der Waals surface area contributed by atoms with Gasteiger partial charge >= 0.3 is 0 Å². The minimum absolute atomic E-state index is 0.0563. The lowest BCUT2D eigenvalue weighted by Crippen LogP contribution is -2.43. The van der Waals surface area contributed by atoms with Crippen LogP contribution in [0.5, 0.6) is 0 Å². The van der Waals surface area contributed by atoms with Crippen molar-refractivity contribution in [3.63, 3.8) is 0 Å². The second-order valence-corrected chi connectivity index (χ2v) is 8.69. The van der Waals surface area contributed by atoms with Gasteiger partial charge in [-0.05, 0) is 55.9 Å². The van der Waals surface area contributed by atoms with E-state index in [1.165, 1.54) is 12.8 Å². The molecule has 0 aliphatic heterocycles. The molecule has 1 aliphatic rings. The lowest BCUT2D eigenvalue weighted by molar-refractivity contribution is 0.287. The van der Waals surface area contributed by atoms with E-state index in [4.69, 9.17) is 11.6 Å². The summed E-state index contributed by atoms with van der Waals surface area (Å²) in [4.78, 5) is 0.382. The fourth-order valence-electron chi connectivity index (χ4n) is 2.83. The zero-order valence-electron chi connectivity index (χ0n) is 12.7. The summed E-state index contributed by atoms with van der Waals surface area (Å²) < 4.78 is 23.6. The van der Waals surface area contributed by atoms with Crippen LogP contribution >= 0.6 is 11.6 Å². The maximum absolute atomic E-state index is 11.8. The number of hydrogen-bond donors (Lipinski definition) is 1. The van der Waals surface area contributed by atoms with Crippen molar-refractivity contribution in [2.45, 2.75) is 50.0 Å². The van der Waals surface area contributed by atoms with Crippen LogP contribution in [0, 0.1) is 5.92 Å². The van der Waals surface area contributed by atoms with Crippen LogP contribution < -0.4 is 5.32 Å². The van der Waals surface area contributed by atoms with Gasteiger partial charge in [0.2, 0.25) is 0 Å². The molecule has 0 spiro atoms. The normalized spacial score (nSPS) is 26.5. The molecule has 0 unspecified atom stereocenters. The van der Waals surface area contributed by atoms with Gasteiger partial charge in [-0.3, -0.25) is 0 Å². The largest absolute Gasteiger partial charge is 0.378 e. The van der Waals surface area contributed by atoms with Gasteiger partial charge in [0.25, 0.3) is 0 Å². The van der Waals surface area contributed by atoms with Crippen molar-refractivity contribution in [3.05, 3.63) is 24.3 Å². The van der Waals surface area contributed by atoms with Crippen LogP contribution in [0.2, 0.25) is 0 Å². The highest BCUT2D eigenvalue weighted by Gasteiger charge is 2.33. The summed E-state index contributed by atoms with van der Waals surface area (Å²) in [6, 6.07) is 7.03. The fraction of sp³-hybridized carbons (Fsp3) is 0.625. The van der Waals surface area contributed by atoms with Gasteiger partial charge < -0.3 is 5.32 Å². The molecule has 1 fully saturated rings. The second-order valence-electron chi connectivity index (χ2n) is 6.15. The molecule has 0 atom stereocenters. The van der Waals surface area contributed by atoms with Crippen LogP contribution in [0.3, 0.4) is 0 Å². The smallest absolute Gasteiger partial charge is 0.178 e. The monoisotopic (exact) mass is 329 g/mol. The van der Waals surface area contributed by atoms with E-state index < -0.39 is 9.84 Å². The van der Waals surface area contributed by atoms with E-state index in [-0.39, 0.29) is 11.3 Å². The lowest BCUT2D eigenvalue weighted by atomic mass is 9.78. The van der Waals surface area contributed by atoms with E-state index >= 15 is 0 Å². The van der Waals surface area contributed by atoms with Crippen LogP contribution in [0.1, 0.15) is 39.5 Å². The molecule has 0 radical (unpaired) electrons. The molecule has 5 heteroatoms. The Labute approximate surface area is 133 Å². The Morgan fingerprint density at radius 2 is 1.81 bits per heavy atom. The third-order valence-corrected chi connectivity index (χ3v) is 6.75. The first-order valence-corrected chi connectivity index (χ1v) is 9.76. The van der Waals surface area contributed by atoms with Gasteiger partial charge in [-0.25, -0.2) is 8.42 Å². The van der Waals surface area contributed by atoms with E-state index in [0.29, 0.717) is 10.8 Å². The molecule has 1 aromatic rings. The minimum Gasteiger partial charge on any atom is -0.378 e. The van der Waals surface area contributed by atoms with Crippen molar-refractivity contribution >= 4 is 27.1 Å². The molecule has 1 saturated carbocycles. The summed E-state index contributed by atoms with van der Waals surface area (Å²) >= 11 is 6.20. The first kappa shape index (κ1) is 16.6. The Hall–Kier alpha value is -0.740. The summed E-state index contributed by atoms with van der Waals surface area (Å²) in [5, 5.41) is 3.53. The van der Waals surface area contributed by atoms with Gasteiger partial charge in [0.05, 0.1) is 16.2 Å². The van der Waals surface area contributed by atoms with Gasteiger partial charge in [0.1, 0.15) is 0 Å². The van der Waals surface area contributed by atoms with Gasteiger partial charge in [0.15, 0.2) is 9.84 Å². The summed E-state index contributed by atoms with van der Waals surface area (Å²) in [6.45, 7) is 3.94. The van der Waals surface area contributed by atoms with Crippen LogP contribution in [0.25, 0.3) is 0 Å². The second kappa shape index (κ2) is 6.57. The Kier molecular flexibility index (Phi) is 5.20. The highest BCUT2D eigenvalue weighted by molar-refractivity contribution is 7.91. The number of sulfone groups is 1. The molecule has 0 bridgehead atoms. The van der Waals surface area contributed by atoms with Crippen molar-refractivity contribution in [1.82, 2.24) is 0 Å². The average Bonchev–Trinajstić information content (AvgIpc) is 2.50. The van der Waals surface area contributed by atoms with Crippen LogP contribution in [0.4, 0.5) is 5.69 Å². The van der Waals surface area contributed by atoms with E-state index in [0.717, 1.165) is 24.4 Å². The molecule has 21 heavy (non-hydrogen) atoms. The number of halogens is 1. The SMILES string of the molecule is CCS(=O)(=O)c1ccc(NC2(CCl)CCC(C)CC2)cc1. The van der Waals surface area contributed by atoms with Crippen LogP contribution in [-0.2, 0) is 9.84 Å². The van der Waals surface area contributed by atoms with E-state index in [9.17, 15) is 8.42 Å². The first-order valence-electron chi connectivity index (χ1n) is 7.58. The molecule has 1 aliphatic carbocycles. The third kappa shape index (κ3) is 3.92. The van der Waals surface area contributed by atoms with Gasteiger partial charge in [-0.1, -0.05) is 13.8 Å². The Morgan fingerprint density at radius 1 is 1.24 bits per heavy atom. The molecule has 0 aromatic heterocycles. The quantitative estimate of drug-likeness (QED) is 0.828. The number of rotatable bonds is 5. The van der Waals surface area contributed by atoms with Crippen molar-refractivity contribution in [2.75, 3.05) is 16.9 Å². The van der Waals surface area contributed by atoms with Gasteiger partial charge in [-0.15, -0.1) is 11.6 Å². The third-order valence-electron chi connectivity index (χ3n) is 4.49. The summed E-state index contributed by atoms with van der Waals surface area (Å²) in [5.41, 5.74) is 0.888. The zero-order valence-corrected chi connectivity index (χ0v) is 14.3. The predicted molar refractivity (Wildman–Crippen MR) is 88.9 cm³/mol. The highest BCUT2D eigenvalue weighted by Crippen LogP contribution is 2.35.